The van der Waals surface area contributed by atoms with Crippen LogP contribution in [0, 0.1) is 0 Å². The molecule has 0 aliphatic carbocycles. The molecule has 1 heterocycles. The molecule has 1 rings (SSSR count). The summed E-state index contributed by atoms with van der Waals surface area (Å²) in [5.74, 6) is 0.339. The molecule has 7 heteroatoms. The fraction of sp³-hybridized carbons (Fsp3) is 0.692. The van der Waals surface area contributed by atoms with E-state index in [0.717, 1.165) is 18.9 Å². The van der Waals surface area contributed by atoms with Crippen molar-refractivity contribution in [1.82, 2.24) is 9.97 Å². The van der Waals surface area contributed by atoms with Crippen LogP contribution >= 0.6 is 0 Å². The van der Waals surface area contributed by atoms with E-state index in [2.05, 4.69) is 15.3 Å². The number of anilines is 2. The first-order valence-corrected chi connectivity index (χ1v) is 6.87. The minimum absolute atomic E-state index is 0.0206. The molecule has 0 aliphatic rings. The van der Waals surface area contributed by atoms with Gasteiger partial charge >= 0.3 is 6.18 Å². The highest BCUT2D eigenvalue weighted by molar-refractivity contribution is 5.45. The molecule has 0 atom stereocenters. The third kappa shape index (κ3) is 4.54. The highest BCUT2D eigenvalue weighted by atomic mass is 19.4. The Bertz CT molecular complexity index is 421. The number of rotatable bonds is 7. The summed E-state index contributed by atoms with van der Waals surface area (Å²) < 4.78 is 38.6. The first kappa shape index (κ1) is 16.5. The fourth-order valence-corrected chi connectivity index (χ4v) is 1.76. The number of hydrogen-bond acceptors (Lipinski definition) is 4. The van der Waals surface area contributed by atoms with Crippen LogP contribution in [0.5, 0.6) is 0 Å². The molecule has 0 spiro atoms. The van der Waals surface area contributed by atoms with E-state index in [4.69, 9.17) is 0 Å². The molecule has 0 aromatic carbocycles. The molecule has 1 aromatic heterocycles. The third-order valence-electron chi connectivity index (χ3n) is 2.83. The zero-order chi connectivity index (χ0) is 15.2. The molecule has 0 saturated carbocycles. The maximum Gasteiger partial charge on any atom is 0.433 e. The van der Waals surface area contributed by atoms with Crippen molar-refractivity contribution in [3.8, 4) is 0 Å². The van der Waals surface area contributed by atoms with E-state index in [-0.39, 0.29) is 5.95 Å². The number of unbranched alkanes of at least 4 members (excludes halogenated alkanes) is 1. The lowest BCUT2D eigenvalue weighted by Gasteiger charge is -2.23. The Balaban J connectivity index is 3.12. The molecule has 1 N–H and O–H groups in total. The van der Waals surface area contributed by atoms with Crippen LogP contribution in [0.3, 0.4) is 0 Å². The van der Waals surface area contributed by atoms with E-state index >= 15 is 0 Å². The predicted molar refractivity (Wildman–Crippen MR) is 74.0 cm³/mol. The molecule has 114 valence electrons. The summed E-state index contributed by atoms with van der Waals surface area (Å²) in [4.78, 5) is 9.52. The Kier molecular flexibility index (Phi) is 6.04. The summed E-state index contributed by atoms with van der Waals surface area (Å²) in [6.45, 7) is 7.50. The molecule has 20 heavy (non-hydrogen) atoms. The number of nitrogens with one attached hydrogen (secondary N) is 1. The lowest BCUT2D eigenvalue weighted by molar-refractivity contribution is -0.141. The van der Waals surface area contributed by atoms with Crippen molar-refractivity contribution in [1.29, 1.82) is 0 Å². The van der Waals surface area contributed by atoms with Gasteiger partial charge in [0.15, 0.2) is 5.69 Å². The average molecular weight is 290 g/mol. The zero-order valence-corrected chi connectivity index (χ0v) is 12.1. The van der Waals surface area contributed by atoms with Gasteiger partial charge in [0.25, 0.3) is 0 Å². The molecule has 0 aliphatic heterocycles. The van der Waals surface area contributed by atoms with E-state index < -0.39 is 11.9 Å². The van der Waals surface area contributed by atoms with E-state index in [1.54, 1.807) is 6.92 Å². The summed E-state index contributed by atoms with van der Waals surface area (Å²) >= 11 is 0. The van der Waals surface area contributed by atoms with Crippen molar-refractivity contribution < 1.29 is 13.2 Å². The van der Waals surface area contributed by atoms with Crippen molar-refractivity contribution in [3.05, 3.63) is 11.8 Å². The smallest absolute Gasteiger partial charge is 0.357 e. The van der Waals surface area contributed by atoms with Gasteiger partial charge < -0.3 is 10.2 Å². The maximum absolute atomic E-state index is 12.9. The summed E-state index contributed by atoms with van der Waals surface area (Å²) in [5, 5.41) is 2.75. The molecule has 0 bridgehead atoms. The number of halogens is 3. The van der Waals surface area contributed by atoms with Gasteiger partial charge in [0, 0.05) is 25.7 Å². The van der Waals surface area contributed by atoms with Crippen LogP contribution in [-0.2, 0) is 6.18 Å². The molecular weight excluding hydrogens is 269 g/mol. The normalized spacial score (nSPS) is 11.5. The fourth-order valence-electron chi connectivity index (χ4n) is 1.76. The second-order valence-electron chi connectivity index (χ2n) is 4.40. The van der Waals surface area contributed by atoms with Crippen LogP contribution in [0.1, 0.15) is 39.3 Å². The van der Waals surface area contributed by atoms with Crippen LogP contribution < -0.4 is 10.2 Å². The summed E-state index contributed by atoms with van der Waals surface area (Å²) in [7, 11) is 0. The molecule has 0 fully saturated rings. The van der Waals surface area contributed by atoms with Gasteiger partial charge in [-0.25, -0.2) is 4.98 Å². The van der Waals surface area contributed by atoms with Crippen LogP contribution in [0.4, 0.5) is 24.9 Å². The van der Waals surface area contributed by atoms with E-state index in [1.165, 1.54) is 0 Å². The first-order chi connectivity index (χ1) is 9.42. The Labute approximate surface area is 117 Å². The quantitative estimate of drug-likeness (QED) is 0.833. The van der Waals surface area contributed by atoms with Crippen LogP contribution in [0.2, 0.25) is 0 Å². The minimum Gasteiger partial charge on any atom is -0.357 e. The summed E-state index contributed by atoms with van der Waals surface area (Å²) in [6.07, 6.45) is -2.57. The topological polar surface area (TPSA) is 41.1 Å². The number of alkyl halides is 3. The van der Waals surface area contributed by atoms with Crippen LogP contribution in [-0.4, -0.2) is 29.6 Å². The highest BCUT2D eigenvalue weighted by Crippen LogP contribution is 2.30. The van der Waals surface area contributed by atoms with Crippen molar-refractivity contribution in [2.24, 2.45) is 0 Å². The maximum atomic E-state index is 12.9. The Hall–Kier alpha value is -1.53. The Morgan fingerprint density at radius 1 is 1.20 bits per heavy atom. The molecular formula is C13H21F3N4. The highest BCUT2D eigenvalue weighted by Gasteiger charge is 2.34. The number of hydrogen-bond donors (Lipinski definition) is 1. The number of nitrogens with zero attached hydrogens (tertiary/aromatic N) is 3. The van der Waals surface area contributed by atoms with Crippen LogP contribution in [0.15, 0.2) is 6.07 Å². The standard InChI is InChI=1S/C13H21F3N4/c1-4-7-8-20(6-3)11-9-10(13(14,15)16)18-12(19-11)17-5-2/h9H,4-8H2,1-3H3,(H,17,18,19). The SMILES string of the molecule is CCCCN(CC)c1cc(C(F)(F)F)nc(NCC)n1. The Morgan fingerprint density at radius 3 is 2.40 bits per heavy atom. The Morgan fingerprint density at radius 2 is 1.90 bits per heavy atom. The molecule has 1 aromatic rings. The second kappa shape index (κ2) is 7.31. The van der Waals surface area contributed by atoms with Gasteiger partial charge in [-0.15, -0.1) is 0 Å². The summed E-state index contributed by atoms with van der Waals surface area (Å²) in [5.41, 5.74) is -0.909. The zero-order valence-electron chi connectivity index (χ0n) is 12.1. The van der Waals surface area contributed by atoms with Gasteiger partial charge in [-0.3, -0.25) is 0 Å². The van der Waals surface area contributed by atoms with Crippen molar-refractivity contribution in [2.45, 2.75) is 39.8 Å². The van der Waals surface area contributed by atoms with E-state index in [1.807, 2.05) is 18.7 Å². The molecule has 0 radical (unpaired) electrons. The van der Waals surface area contributed by atoms with E-state index in [0.29, 0.717) is 25.5 Å². The first-order valence-electron chi connectivity index (χ1n) is 6.87. The molecule has 0 saturated heterocycles. The summed E-state index contributed by atoms with van der Waals surface area (Å²) in [6, 6.07) is 1.01. The second-order valence-corrected chi connectivity index (χ2v) is 4.40. The lowest BCUT2D eigenvalue weighted by Crippen LogP contribution is -2.26. The third-order valence-corrected chi connectivity index (χ3v) is 2.83. The van der Waals surface area contributed by atoms with Crippen molar-refractivity contribution >= 4 is 11.8 Å². The number of aromatic nitrogens is 2. The molecule has 4 nitrogen and oxygen atoms in total. The lowest BCUT2D eigenvalue weighted by atomic mass is 10.3. The van der Waals surface area contributed by atoms with Gasteiger partial charge in [0.1, 0.15) is 5.82 Å². The van der Waals surface area contributed by atoms with Crippen molar-refractivity contribution in [3.63, 3.8) is 0 Å². The molecule has 0 unspecified atom stereocenters. The minimum atomic E-state index is -4.47. The van der Waals surface area contributed by atoms with Crippen LogP contribution in [0.25, 0.3) is 0 Å². The molecule has 0 amide bonds. The van der Waals surface area contributed by atoms with Gasteiger partial charge in [-0.2, -0.15) is 18.2 Å². The van der Waals surface area contributed by atoms with Gasteiger partial charge in [0.05, 0.1) is 0 Å². The van der Waals surface area contributed by atoms with Gasteiger partial charge in [0.2, 0.25) is 5.95 Å². The predicted octanol–water partition coefficient (Wildman–Crippen LogP) is 3.55. The van der Waals surface area contributed by atoms with Crippen molar-refractivity contribution in [2.75, 3.05) is 29.9 Å². The van der Waals surface area contributed by atoms with Gasteiger partial charge in [-0.1, -0.05) is 13.3 Å². The van der Waals surface area contributed by atoms with E-state index in [9.17, 15) is 13.2 Å². The average Bonchev–Trinajstić information content (AvgIpc) is 2.39. The van der Waals surface area contributed by atoms with Gasteiger partial charge in [-0.05, 0) is 20.3 Å². The monoisotopic (exact) mass is 290 g/mol. The largest absolute Gasteiger partial charge is 0.433 e.